The molecular weight excluding hydrogens is 376 g/mol. The van der Waals surface area contributed by atoms with Gasteiger partial charge in [0.2, 0.25) is 12.0 Å². The normalized spacial score (nSPS) is 15.0. The number of rotatable bonds is 5. The van der Waals surface area contributed by atoms with E-state index in [9.17, 15) is 9.90 Å². The number of oxazole rings is 1. The van der Waals surface area contributed by atoms with Crippen molar-refractivity contribution in [3.8, 4) is 34.5 Å². The summed E-state index contributed by atoms with van der Waals surface area (Å²) in [6, 6.07) is 12.0. The van der Waals surface area contributed by atoms with E-state index in [0.717, 1.165) is 0 Å². The number of carbonyl (C=O) groups is 1. The molecule has 8 heteroatoms. The largest absolute Gasteiger partial charge is 0.504 e. The van der Waals surface area contributed by atoms with E-state index in [1.165, 1.54) is 13.2 Å². The number of aromatic hydroxyl groups is 1. The molecule has 2 aromatic carbocycles. The van der Waals surface area contributed by atoms with E-state index in [2.05, 4.69) is 10.3 Å². The number of nitrogens with one attached hydrogen (secondary N) is 1. The molecule has 1 aliphatic heterocycles. The molecule has 0 saturated carbocycles. The summed E-state index contributed by atoms with van der Waals surface area (Å²) in [6.45, 7) is 2.09. The van der Waals surface area contributed by atoms with E-state index in [1.54, 1.807) is 31.2 Å². The molecular formula is C21H20N2O6. The summed E-state index contributed by atoms with van der Waals surface area (Å²) < 4.78 is 22.1. The van der Waals surface area contributed by atoms with Crippen LogP contribution in [-0.2, 0) is 11.3 Å². The van der Waals surface area contributed by atoms with Gasteiger partial charge in [-0.25, -0.2) is 4.98 Å². The first kappa shape index (κ1) is 18.7. The predicted octanol–water partition coefficient (Wildman–Crippen LogP) is 2.82. The van der Waals surface area contributed by atoms with Gasteiger partial charge in [-0.05, 0) is 37.3 Å². The van der Waals surface area contributed by atoms with Crippen LogP contribution in [-0.4, -0.2) is 35.8 Å². The molecule has 150 valence electrons. The van der Waals surface area contributed by atoms with Gasteiger partial charge >= 0.3 is 0 Å². The van der Waals surface area contributed by atoms with Crippen molar-refractivity contribution in [1.82, 2.24) is 10.3 Å². The number of hydrogen-bond acceptors (Lipinski definition) is 7. The number of carbonyl (C=O) groups excluding carboxylic acids is 1. The van der Waals surface area contributed by atoms with Gasteiger partial charge in [0.05, 0.1) is 13.7 Å². The lowest BCUT2D eigenvalue weighted by molar-refractivity contribution is -0.130. The zero-order chi connectivity index (χ0) is 20.4. The van der Waals surface area contributed by atoms with Crippen molar-refractivity contribution in [3.63, 3.8) is 0 Å². The van der Waals surface area contributed by atoms with Crippen LogP contribution in [0.2, 0.25) is 0 Å². The molecule has 0 bridgehead atoms. The maximum absolute atomic E-state index is 12.5. The van der Waals surface area contributed by atoms with Gasteiger partial charge in [-0.2, -0.15) is 0 Å². The Morgan fingerprint density at radius 3 is 2.86 bits per heavy atom. The van der Waals surface area contributed by atoms with Crippen molar-refractivity contribution in [2.75, 3.05) is 13.7 Å². The van der Waals surface area contributed by atoms with Crippen molar-refractivity contribution in [2.24, 2.45) is 0 Å². The van der Waals surface area contributed by atoms with Gasteiger partial charge in [-0.1, -0.05) is 12.1 Å². The van der Waals surface area contributed by atoms with Crippen LogP contribution in [0.4, 0.5) is 0 Å². The summed E-state index contributed by atoms with van der Waals surface area (Å²) in [5.74, 6) is 2.17. The van der Waals surface area contributed by atoms with E-state index in [0.29, 0.717) is 40.2 Å². The number of benzene rings is 2. The standard InChI is InChI=1S/C21H20N2O6/c1-12-14(23-21(28-12)13-7-8-15(24)18(9-13)26-2)10-22-20(25)19-11-27-16-5-3-4-6-17(16)29-19/h3-9,19,24H,10-11H2,1-2H3,(H,22,25). The number of hydrogen-bond donors (Lipinski definition) is 2. The molecule has 1 unspecified atom stereocenters. The first-order valence-electron chi connectivity index (χ1n) is 9.05. The summed E-state index contributed by atoms with van der Waals surface area (Å²) in [4.78, 5) is 16.9. The number of aryl methyl sites for hydroxylation is 1. The minimum atomic E-state index is -0.738. The Kier molecular flexibility index (Phi) is 4.99. The van der Waals surface area contributed by atoms with Gasteiger partial charge in [0, 0.05) is 5.56 Å². The Labute approximate surface area is 167 Å². The highest BCUT2D eigenvalue weighted by atomic mass is 16.6. The molecule has 0 fully saturated rings. The number of phenols is 1. The first-order valence-corrected chi connectivity index (χ1v) is 9.05. The Hall–Kier alpha value is -3.68. The number of ether oxygens (including phenoxy) is 3. The third-order valence-electron chi connectivity index (χ3n) is 4.55. The second-order valence-electron chi connectivity index (χ2n) is 6.49. The summed E-state index contributed by atoms with van der Waals surface area (Å²) in [6.07, 6.45) is -0.738. The maximum Gasteiger partial charge on any atom is 0.265 e. The minimum Gasteiger partial charge on any atom is -0.504 e. The second-order valence-corrected chi connectivity index (χ2v) is 6.49. The molecule has 3 aromatic rings. The Morgan fingerprint density at radius 2 is 2.07 bits per heavy atom. The summed E-state index contributed by atoms with van der Waals surface area (Å²) in [7, 11) is 1.47. The van der Waals surface area contributed by atoms with E-state index < -0.39 is 6.10 Å². The van der Waals surface area contributed by atoms with Crippen LogP contribution in [0.1, 0.15) is 11.5 Å². The molecule has 2 heterocycles. The molecule has 0 radical (unpaired) electrons. The average molecular weight is 396 g/mol. The van der Waals surface area contributed by atoms with Crippen molar-refractivity contribution in [1.29, 1.82) is 0 Å². The lowest BCUT2D eigenvalue weighted by atomic mass is 10.2. The van der Waals surface area contributed by atoms with E-state index in [1.807, 2.05) is 12.1 Å². The number of para-hydroxylation sites is 2. The first-order chi connectivity index (χ1) is 14.0. The maximum atomic E-state index is 12.5. The predicted molar refractivity (Wildman–Crippen MR) is 103 cm³/mol. The molecule has 0 spiro atoms. The lowest BCUT2D eigenvalue weighted by Gasteiger charge is -2.25. The van der Waals surface area contributed by atoms with Crippen LogP contribution in [0.25, 0.3) is 11.5 Å². The monoisotopic (exact) mass is 396 g/mol. The zero-order valence-electron chi connectivity index (χ0n) is 16.0. The highest BCUT2D eigenvalue weighted by Crippen LogP contribution is 2.32. The van der Waals surface area contributed by atoms with Gasteiger partial charge in [-0.3, -0.25) is 4.79 Å². The van der Waals surface area contributed by atoms with Crippen molar-refractivity contribution in [2.45, 2.75) is 19.6 Å². The fourth-order valence-electron chi connectivity index (χ4n) is 2.96. The van der Waals surface area contributed by atoms with E-state index >= 15 is 0 Å². The average Bonchev–Trinajstić information content (AvgIpc) is 3.12. The molecule has 8 nitrogen and oxygen atoms in total. The molecule has 4 rings (SSSR count). The van der Waals surface area contributed by atoms with Gasteiger partial charge in [0.1, 0.15) is 18.1 Å². The lowest BCUT2D eigenvalue weighted by Crippen LogP contribution is -2.43. The third kappa shape index (κ3) is 3.82. The van der Waals surface area contributed by atoms with Crippen LogP contribution < -0.4 is 19.5 Å². The van der Waals surface area contributed by atoms with Crippen LogP contribution in [0.5, 0.6) is 23.0 Å². The quantitative estimate of drug-likeness (QED) is 0.683. The Bertz CT molecular complexity index is 1050. The topological polar surface area (TPSA) is 103 Å². The number of phenolic OH excluding ortho intramolecular Hbond substituents is 1. The van der Waals surface area contributed by atoms with Crippen molar-refractivity contribution >= 4 is 5.91 Å². The number of amides is 1. The fraction of sp³-hybridized carbons (Fsp3) is 0.238. The zero-order valence-corrected chi connectivity index (χ0v) is 16.0. The minimum absolute atomic E-state index is 0.0308. The highest BCUT2D eigenvalue weighted by molar-refractivity contribution is 5.81. The molecule has 0 saturated heterocycles. The van der Waals surface area contributed by atoms with Crippen LogP contribution in [0, 0.1) is 6.92 Å². The van der Waals surface area contributed by atoms with Gasteiger partial charge in [0.15, 0.2) is 23.0 Å². The Morgan fingerprint density at radius 1 is 1.28 bits per heavy atom. The third-order valence-corrected chi connectivity index (χ3v) is 4.55. The van der Waals surface area contributed by atoms with Crippen LogP contribution >= 0.6 is 0 Å². The van der Waals surface area contributed by atoms with Gasteiger partial charge in [0.25, 0.3) is 5.91 Å². The SMILES string of the molecule is COc1cc(-c2nc(CNC(=O)C3COc4ccccc4O3)c(C)o2)ccc1O. The number of aromatic nitrogens is 1. The van der Waals surface area contributed by atoms with Crippen molar-refractivity contribution in [3.05, 3.63) is 53.9 Å². The molecule has 1 aliphatic rings. The van der Waals surface area contributed by atoms with Crippen LogP contribution in [0.15, 0.2) is 46.9 Å². The van der Waals surface area contributed by atoms with Gasteiger partial charge in [-0.15, -0.1) is 0 Å². The Balaban J connectivity index is 1.42. The smallest absolute Gasteiger partial charge is 0.265 e. The number of methoxy groups -OCH3 is 1. The summed E-state index contributed by atoms with van der Waals surface area (Å²) in [5, 5.41) is 12.5. The van der Waals surface area contributed by atoms with Crippen LogP contribution in [0.3, 0.4) is 0 Å². The molecule has 29 heavy (non-hydrogen) atoms. The van der Waals surface area contributed by atoms with Gasteiger partial charge < -0.3 is 29.1 Å². The summed E-state index contributed by atoms with van der Waals surface area (Å²) >= 11 is 0. The molecule has 1 aromatic heterocycles. The molecule has 1 atom stereocenters. The highest BCUT2D eigenvalue weighted by Gasteiger charge is 2.27. The number of fused-ring (bicyclic) bond motifs is 1. The molecule has 0 aliphatic carbocycles. The fourth-order valence-corrected chi connectivity index (χ4v) is 2.96. The van der Waals surface area contributed by atoms with Crippen molar-refractivity contribution < 1.29 is 28.5 Å². The number of nitrogens with zero attached hydrogens (tertiary/aromatic N) is 1. The molecule has 2 N–H and O–H groups in total. The van der Waals surface area contributed by atoms with E-state index in [4.69, 9.17) is 18.6 Å². The molecule has 1 amide bonds. The summed E-state index contributed by atoms with van der Waals surface area (Å²) in [5.41, 5.74) is 1.25. The van der Waals surface area contributed by atoms with E-state index in [-0.39, 0.29) is 24.8 Å². The second kappa shape index (κ2) is 7.75.